The van der Waals surface area contributed by atoms with Crippen molar-refractivity contribution in [2.75, 3.05) is 6.54 Å². The number of H-pyrrole nitrogens is 1. The van der Waals surface area contributed by atoms with E-state index in [-0.39, 0.29) is 5.41 Å². The van der Waals surface area contributed by atoms with Crippen LogP contribution in [0.25, 0.3) is 0 Å². The summed E-state index contributed by atoms with van der Waals surface area (Å²) in [6, 6.07) is 3.00. The van der Waals surface area contributed by atoms with Crippen LogP contribution in [0.1, 0.15) is 45.1 Å². The minimum atomic E-state index is 0.164. The average Bonchev–Trinajstić information content (AvgIpc) is 2.82. The van der Waals surface area contributed by atoms with Gasteiger partial charge in [-0.15, -0.1) is 0 Å². The van der Waals surface area contributed by atoms with Gasteiger partial charge >= 0.3 is 0 Å². The maximum atomic E-state index is 6.16. The summed E-state index contributed by atoms with van der Waals surface area (Å²) in [4.78, 5) is 3.13. The summed E-state index contributed by atoms with van der Waals surface area (Å²) < 4.78 is 0. The molecule has 1 aromatic heterocycles. The lowest BCUT2D eigenvalue weighted by molar-refractivity contribution is 0.306. The molecule has 1 aromatic rings. The van der Waals surface area contributed by atoms with E-state index in [0.717, 1.165) is 6.54 Å². The Labute approximate surface area is 104 Å². The molecule has 0 spiro atoms. The first-order valence-electron chi connectivity index (χ1n) is 6.72. The minimum Gasteiger partial charge on any atom is -0.367 e. The highest BCUT2D eigenvalue weighted by Gasteiger charge is 2.26. The molecule has 0 saturated heterocycles. The van der Waals surface area contributed by atoms with E-state index in [4.69, 9.17) is 5.73 Å². The van der Waals surface area contributed by atoms with Gasteiger partial charge in [0.25, 0.3) is 0 Å². The predicted octanol–water partition coefficient (Wildman–Crippen LogP) is 2.15. The van der Waals surface area contributed by atoms with E-state index in [1.807, 2.05) is 6.20 Å². The molecule has 1 aliphatic rings. The van der Waals surface area contributed by atoms with Crippen molar-refractivity contribution in [2.24, 2.45) is 5.73 Å². The highest BCUT2D eigenvalue weighted by molar-refractivity contribution is 5.20. The standard InChI is InChI=1S/C14H25N3/c1-14(2,11-7-8-16-9-11)10-17-13-6-4-3-5-12(13)15/h7-9,12-13,16-17H,3-6,10,15H2,1-2H3. The Balaban J connectivity index is 1.88. The quantitative estimate of drug-likeness (QED) is 0.749. The molecule has 3 heteroatoms. The van der Waals surface area contributed by atoms with Gasteiger partial charge in [0.1, 0.15) is 0 Å². The molecular formula is C14H25N3. The largest absolute Gasteiger partial charge is 0.367 e. The monoisotopic (exact) mass is 235 g/mol. The molecule has 0 radical (unpaired) electrons. The molecule has 17 heavy (non-hydrogen) atoms. The van der Waals surface area contributed by atoms with Gasteiger partial charge in [0.2, 0.25) is 0 Å². The second-order valence-corrected chi connectivity index (χ2v) is 5.92. The molecule has 0 bridgehead atoms. The number of aromatic nitrogens is 1. The van der Waals surface area contributed by atoms with Crippen LogP contribution in [0.2, 0.25) is 0 Å². The molecule has 0 aliphatic heterocycles. The molecule has 1 saturated carbocycles. The van der Waals surface area contributed by atoms with Crippen molar-refractivity contribution in [1.29, 1.82) is 0 Å². The van der Waals surface area contributed by atoms with Crippen molar-refractivity contribution in [1.82, 2.24) is 10.3 Å². The van der Waals surface area contributed by atoms with Crippen LogP contribution in [0, 0.1) is 0 Å². The van der Waals surface area contributed by atoms with E-state index in [1.54, 1.807) is 0 Å². The summed E-state index contributed by atoms with van der Waals surface area (Å²) >= 11 is 0. The summed E-state index contributed by atoms with van der Waals surface area (Å²) in [6.45, 7) is 5.54. The SMILES string of the molecule is CC(C)(CNC1CCCCC1N)c1cc[nH]c1. The van der Waals surface area contributed by atoms with Crippen LogP contribution in [0.4, 0.5) is 0 Å². The van der Waals surface area contributed by atoms with Gasteiger partial charge < -0.3 is 16.0 Å². The number of hydrogen-bond donors (Lipinski definition) is 3. The molecule has 4 N–H and O–H groups in total. The molecule has 1 fully saturated rings. The summed E-state index contributed by atoms with van der Waals surface area (Å²) in [6.07, 6.45) is 9.08. The van der Waals surface area contributed by atoms with Crippen LogP contribution < -0.4 is 11.1 Å². The maximum Gasteiger partial charge on any atom is 0.0219 e. The van der Waals surface area contributed by atoms with Crippen LogP contribution >= 0.6 is 0 Å². The third kappa shape index (κ3) is 3.11. The maximum absolute atomic E-state index is 6.16. The van der Waals surface area contributed by atoms with E-state index in [9.17, 15) is 0 Å². The van der Waals surface area contributed by atoms with Gasteiger partial charge in [0.05, 0.1) is 0 Å². The van der Waals surface area contributed by atoms with Crippen molar-refractivity contribution < 1.29 is 0 Å². The van der Waals surface area contributed by atoms with E-state index in [0.29, 0.717) is 12.1 Å². The number of rotatable bonds is 4. The molecule has 0 amide bonds. The van der Waals surface area contributed by atoms with E-state index in [1.165, 1.54) is 31.2 Å². The number of aromatic amines is 1. The van der Waals surface area contributed by atoms with Gasteiger partial charge in [-0.25, -0.2) is 0 Å². The second kappa shape index (κ2) is 5.23. The van der Waals surface area contributed by atoms with Crippen molar-refractivity contribution in [3.63, 3.8) is 0 Å². The summed E-state index contributed by atoms with van der Waals surface area (Å²) in [5, 5.41) is 3.66. The molecule has 1 aliphatic carbocycles. The van der Waals surface area contributed by atoms with Gasteiger partial charge in [0.15, 0.2) is 0 Å². The Hall–Kier alpha value is -0.800. The first kappa shape index (κ1) is 12.7. The van der Waals surface area contributed by atoms with Crippen LogP contribution in [0.15, 0.2) is 18.5 Å². The molecule has 0 aromatic carbocycles. The number of hydrogen-bond acceptors (Lipinski definition) is 2. The molecule has 2 unspecified atom stereocenters. The minimum absolute atomic E-state index is 0.164. The zero-order valence-electron chi connectivity index (χ0n) is 11.0. The Bertz CT molecular complexity index is 329. The lowest BCUT2D eigenvalue weighted by atomic mass is 9.84. The molecule has 2 atom stereocenters. The fraction of sp³-hybridized carbons (Fsp3) is 0.714. The molecule has 3 nitrogen and oxygen atoms in total. The summed E-state index contributed by atoms with van der Waals surface area (Å²) in [5.41, 5.74) is 7.68. The smallest absolute Gasteiger partial charge is 0.0219 e. The first-order chi connectivity index (χ1) is 8.09. The Morgan fingerprint density at radius 1 is 1.41 bits per heavy atom. The van der Waals surface area contributed by atoms with Gasteiger partial charge in [-0.1, -0.05) is 26.7 Å². The lowest BCUT2D eigenvalue weighted by Crippen LogP contribution is -2.50. The van der Waals surface area contributed by atoms with Crippen molar-refractivity contribution in [3.8, 4) is 0 Å². The van der Waals surface area contributed by atoms with Crippen molar-refractivity contribution >= 4 is 0 Å². The molecular weight excluding hydrogens is 210 g/mol. The van der Waals surface area contributed by atoms with Crippen molar-refractivity contribution in [2.45, 2.75) is 57.0 Å². The highest BCUT2D eigenvalue weighted by Crippen LogP contribution is 2.23. The second-order valence-electron chi connectivity index (χ2n) is 5.92. The molecule has 96 valence electrons. The number of nitrogens with two attached hydrogens (primary N) is 1. The third-order valence-corrected chi connectivity index (χ3v) is 4.01. The molecule has 2 rings (SSSR count). The van der Waals surface area contributed by atoms with E-state index < -0.39 is 0 Å². The lowest BCUT2D eigenvalue weighted by Gasteiger charge is -2.33. The van der Waals surface area contributed by atoms with E-state index >= 15 is 0 Å². The summed E-state index contributed by atoms with van der Waals surface area (Å²) in [5.74, 6) is 0. The number of nitrogens with one attached hydrogen (secondary N) is 2. The zero-order valence-corrected chi connectivity index (χ0v) is 11.0. The van der Waals surface area contributed by atoms with E-state index in [2.05, 4.69) is 36.4 Å². The first-order valence-corrected chi connectivity index (χ1v) is 6.72. The average molecular weight is 235 g/mol. The normalized spacial score (nSPS) is 26.1. The Morgan fingerprint density at radius 3 is 2.82 bits per heavy atom. The molecule has 1 heterocycles. The zero-order chi connectivity index (χ0) is 12.3. The van der Waals surface area contributed by atoms with Crippen LogP contribution in [0.5, 0.6) is 0 Å². The predicted molar refractivity (Wildman–Crippen MR) is 72.1 cm³/mol. The van der Waals surface area contributed by atoms with Gasteiger partial charge in [-0.3, -0.25) is 0 Å². The summed E-state index contributed by atoms with van der Waals surface area (Å²) in [7, 11) is 0. The Morgan fingerprint density at radius 2 is 2.18 bits per heavy atom. The van der Waals surface area contributed by atoms with Crippen LogP contribution in [-0.4, -0.2) is 23.6 Å². The van der Waals surface area contributed by atoms with Gasteiger partial charge in [0, 0.05) is 36.4 Å². The highest BCUT2D eigenvalue weighted by atomic mass is 15.0. The topological polar surface area (TPSA) is 53.8 Å². The van der Waals surface area contributed by atoms with Crippen LogP contribution in [0.3, 0.4) is 0 Å². The third-order valence-electron chi connectivity index (χ3n) is 4.01. The van der Waals surface area contributed by atoms with Crippen molar-refractivity contribution in [3.05, 3.63) is 24.0 Å². The van der Waals surface area contributed by atoms with Gasteiger partial charge in [-0.05, 0) is 24.5 Å². The fourth-order valence-corrected chi connectivity index (χ4v) is 2.65. The van der Waals surface area contributed by atoms with Crippen LogP contribution in [-0.2, 0) is 5.41 Å². The van der Waals surface area contributed by atoms with Gasteiger partial charge in [-0.2, -0.15) is 0 Å². The Kier molecular flexibility index (Phi) is 3.89. The fourth-order valence-electron chi connectivity index (χ4n) is 2.65.